The maximum atomic E-state index is 3.36. The molecule has 0 saturated heterocycles. The highest BCUT2D eigenvalue weighted by molar-refractivity contribution is 5.83. The van der Waals surface area contributed by atoms with Crippen LogP contribution >= 0.6 is 0 Å². The second kappa shape index (κ2) is 4.19. The molecule has 1 heterocycles. The smallest absolute Gasteiger partial charge is 0.0456 e. The predicted octanol–water partition coefficient (Wildman–Crippen LogP) is 3.61. The highest BCUT2D eigenvalue weighted by Crippen LogP contribution is 2.35. The fraction of sp³-hybridized carbons (Fsp3) is 0.467. The third-order valence-electron chi connectivity index (χ3n) is 4.30. The van der Waals surface area contributed by atoms with E-state index in [1.807, 2.05) is 0 Å². The lowest BCUT2D eigenvalue weighted by Gasteiger charge is -2.38. The molecule has 0 radical (unpaired) electrons. The van der Waals surface area contributed by atoms with E-state index in [9.17, 15) is 0 Å². The number of nitrogens with one attached hydrogen (secondary N) is 1. The first kappa shape index (κ1) is 12.2. The van der Waals surface area contributed by atoms with Crippen molar-refractivity contribution in [1.82, 2.24) is 9.88 Å². The lowest BCUT2D eigenvalue weighted by Crippen LogP contribution is -2.42. The predicted molar refractivity (Wildman–Crippen MR) is 74.5 cm³/mol. The topological polar surface area (TPSA) is 19.0 Å². The molecule has 92 valence electrons. The van der Waals surface area contributed by atoms with Gasteiger partial charge in [-0.25, -0.2) is 0 Å². The Hall–Kier alpha value is -1.28. The highest BCUT2D eigenvalue weighted by atomic mass is 15.1. The number of para-hydroxylation sites is 1. The van der Waals surface area contributed by atoms with E-state index in [2.05, 4.69) is 75.2 Å². The van der Waals surface area contributed by atoms with Crippen molar-refractivity contribution in [2.45, 2.75) is 32.2 Å². The first-order valence-electron chi connectivity index (χ1n) is 6.18. The number of fused-ring (bicyclic) bond motifs is 1. The molecule has 0 amide bonds. The van der Waals surface area contributed by atoms with E-state index in [-0.39, 0.29) is 5.54 Å². The minimum Gasteiger partial charge on any atom is -0.361 e. The number of aromatic amines is 1. The van der Waals surface area contributed by atoms with Crippen LogP contribution in [0.3, 0.4) is 0 Å². The van der Waals surface area contributed by atoms with Gasteiger partial charge in [0.2, 0.25) is 0 Å². The van der Waals surface area contributed by atoms with Crippen molar-refractivity contribution < 1.29 is 0 Å². The summed E-state index contributed by atoms with van der Waals surface area (Å²) >= 11 is 0. The van der Waals surface area contributed by atoms with Gasteiger partial charge in [-0.15, -0.1) is 0 Å². The zero-order chi connectivity index (χ0) is 12.6. The van der Waals surface area contributed by atoms with Gasteiger partial charge in [-0.05, 0) is 39.6 Å². The molecule has 0 aliphatic carbocycles. The van der Waals surface area contributed by atoms with E-state index >= 15 is 0 Å². The van der Waals surface area contributed by atoms with Crippen LogP contribution in [0.15, 0.2) is 30.5 Å². The molecule has 2 rings (SSSR count). The average Bonchev–Trinajstić information content (AvgIpc) is 2.71. The molecule has 2 heteroatoms. The zero-order valence-electron chi connectivity index (χ0n) is 11.4. The Morgan fingerprint density at radius 1 is 1.18 bits per heavy atom. The Bertz CT molecular complexity index is 508. The van der Waals surface area contributed by atoms with Crippen molar-refractivity contribution in [2.24, 2.45) is 0 Å². The summed E-state index contributed by atoms with van der Waals surface area (Å²) in [6.45, 7) is 6.88. The first-order chi connectivity index (χ1) is 7.94. The van der Waals surface area contributed by atoms with E-state index in [0.29, 0.717) is 5.92 Å². The molecule has 1 unspecified atom stereocenters. The van der Waals surface area contributed by atoms with Crippen LogP contribution < -0.4 is 0 Å². The molecular formula is C15H22N2. The van der Waals surface area contributed by atoms with Gasteiger partial charge in [-0.1, -0.05) is 25.1 Å². The Labute approximate surface area is 104 Å². The Morgan fingerprint density at radius 3 is 2.47 bits per heavy atom. The van der Waals surface area contributed by atoms with Crippen LogP contribution in [0.2, 0.25) is 0 Å². The van der Waals surface area contributed by atoms with E-state index in [0.717, 1.165) is 0 Å². The zero-order valence-corrected chi connectivity index (χ0v) is 11.4. The molecule has 1 aromatic carbocycles. The van der Waals surface area contributed by atoms with Crippen LogP contribution in [-0.4, -0.2) is 29.5 Å². The van der Waals surface area contributed by atoms with Crippen molar-refractivity contribution >= 4 is 10.9 Å². The van der Waals surface area contributed by atoms with E-state index < -0.39 is 0 Å². The van der Waals surface area contributed by atoms with Gasteiger partial charge >= 0.3 is 0 Å². The normalized spacial score (nSPS) is 14.5. The minimum absolute atomic E-state index is 0.144. The number of hydrogen-bond acceptors (Lipinski definition) is 1. The van der Waals surface area contributed by atoms with Crippen LogP contribution in [0.4, 0.5) is 0 Å². The molecular weight excluding hydrogens is 208 g/mol. The third-order valence-corrected chi connectivity index (χ3v) is 4.30. The number of hydrogen-bond donors (Lipinski definition) is 1. The summed E-state index contributed by atoms with van der Waals surface area (Å²) in [6.07, 6.45) is 2.15. The molecule has 0 saturated carbocycles. The SMILES string of the molecule is CC(c1c[nH]c2ccccc12)C(C)(C)N(C)C. The number of likely N-dealkylation sites (N-methyl/N-ethyl adjacent to an activating group) is 1. The third kappa shape index (κ3) is 1.98. The molecule has 0 aliphatic rings. The summed E-state index contributed by atoms with van der Waals surface area (Å²) in [5, 5.41) is 1.34. The summed E-state index contributed by atoms with van der Waals surface area (Å²) in [7, 11) is 4.29. The van der Waals surface area contributed by atoms with Crippen molar-refractivity contribution in [3.8, 4) is 0 Å². The molecule has 0 fully saturated rings. The molecule has 1 aromatic heterocycles. The molecule has 2 nitrogen and oxygen atoms in total. The summed E-state index contributed by atoms with van der Waals surface area (Å²) < 4.78 is 0. The molecule has 0 bridgehead atoms. The minimum atomic E-state index is 0.144. The van der Waals surface area contributed by atoms with Crippen molar-refractivity contribution in [1.29, 1.82) is 0 Å². The van der Waals surface area contributed by atoms with Crippen LogP contribution in [0.1, 0.15) is 32.3 Å². The Balaban J connectivity index is 2.47. The average molecular weight is 230 g/mol. The van der Waals surface area contributed by atoms with E-state index in [1.54, 1.807) is 0 Å². The fourth-order valence-corrected chi connectivity index (χ4v) is 2.22. The Morgan fingerprint density at radius 2 is 1.82 bits per heavy atom. The second-order valence-corrected chi connectivity index (χ2v) is 5.56. The van der Waals surface area contributed by atoms with Crippen LogP contribution in [0.25, 0.3) is 10.9 Å². The second-order valence-electron chi connectivity index (χ2n) is 5.56. The molecule has 0 aliphatic heterocycles. The summed E-state index contributed by atoms with van der Waals surface area (Å²) in [6, 6.07) is 8.51. The number of rotatable bonds is 3. The van der Waals surface area contributed by atoms with Gasteiger partial charge in [0.1, 0.15) is 0 Å². The maximum absolute atomic E-state index is 3.36. The largest absolute Gasteiger partial charge is 0.361 e. The van der Waals surface area contributed by atoms with E-state index in [4.69, 9.17) is 0 Å². The van der Waals surface area contributed by atoms with Gasteiger partial charge in [0, 0.05) is 28.6 Å². The standard InChI is InChI=1S/C15H22N2/c1-11(15(2,3)17(4)5)13-10-16-14-9-7-6-8-12(13)14/h6-11,16H,1-5H3. The van der Waals surface area contributed by atoms with Crippen molar-refractivity contribution in [2.75, 3.05) is 14.1 Å². The van der Waals surface area contributed by atoms with Crippen LogP contribution in [0, 0.1) is 0 Å². The van der Waals surface area contributed by atoms with Gasteiger partial charge in [0.15, 0.2) is 0 Å². The number of nitrogens with zero attached hydrogens (tertiary/aromatic N) is 1. The lowest BCUT2D eigenvalue weighted by atomic mass is 9.82. The summed E-state index contributed by atoms with van der Waals surface area (Å²) in [4.78, 5) is 5.65. The summed E-state index contributed by atoms with van der Waals surface area (Å²) in [5.41, 5.74) is 2.77. The quantitative estimate of drug-likeness (QED) is 0.853. The Kier molecular flexibility index (Phi) is 3.00. The highest BCUT2D eigenvalue weighted by Gasteiger charge is 2.30. The van der Waals surface area contributed by atoms with Gasteiger partial charge in [0.25, 0.3) is 0 Å². The molecule has 2 aromatic rings. The van der Waals surface area contributed by atoms with Crippen LogP contribution in [0.5, 0.6) is 0 Å². The van der Waals surface area contributed by atoms with Gasteiger partial charge in [-0.3, -0.25) is 0 Å². The van der Waals surface area contributed by atoms with Gasteiger partial charge in [-0.2, -0.15) is 0 Å². The van der Waals surface area contributed by atoms with Gasteiger partial charge in [0.05, 0.1) is 0 Å². The van der Waals surface area contributed by atoms with Crippen molar-refractivity contribution in [3.05, 3.63) is 36.0 Å². The number of H-pyrrole nitrogens is 1. The fourth-order valence-electron chi connectivity index (χ4n) is 2.22. The maximum Gasteiger partial charge on any atom is 0.0456 e. The van der Waals surface area contributed by atoms with Crippen molar-refractivity contribution in [3.63, 3.8) is 0 Å². The molecule has 0 spiro atoms. The monoisotopic (exact) mass is 230 g/mol. The van der Waals surface area contributed by atoms with E-state index in [1.165, 1.54) is 16.5 Å². The number of benzene rings is 1. The molecule has 1 N–H and O–H groups in total. The van der Waals surface area contributed by atoms with Gasteiger partial charge < -0.3 is 9.88 Å². The first-order valence-corrected chi connectivity index (χ1v) is 6.18. The molecule has 17 heavy (non-hydrogen) atoms. The van der Waals surface area contributed by atoms with Crippen LogP contribution in [-0.2, 0) is 0 Å². The molecule has 1 atom stereocenters. The number of aromatic nitrogens is 1. The summed E-state index contributed by atoms with van der Waals surface area (Å²) in [5.74, 6) is 0.480. The lowest BCUT2D eigenvalue weighted by molar-refractivity contribution is 0.165.